The van der Waals surface area contributed by atoms with Crippen molar-refractivity contribution < 1.29 is 9.84 Å². The average Bonchev–Trinajstić information content (AvgIpc) is 2.82. The highest BCUT2D eigenvalue weighted by molar-refractivity contribution is 6.30. The predicted octanol–water partition coefficient (Wildman–Crippen LogP) is 4.02. The smallest absolute Gasteiger partial charge is 0.232 e. The Hall–Kier alpha value is -3.36. The predicted molar refractivity (Wildman–Crippen MR) is 99.3 cm³/mol. The first-order valence-corrected chi connectivity index (χ1v) is 8.00. The first-order chi connectivity index (χ1) is 12.5. The average molecular weight is 365 g/mol. The number of aromatic hydroxyl groups is 1. The highest BCUT2D eigenvalue weighted by Crippen LogP contribution is 2.35. The minimum Gasteiger partial charge on any atom is -0.504 e. The molecule has 1 heterocycles. The fourth-order valence-electron chi connectivity index (χ4n) is 2.59. The molecule has 1 aromatic heterocycles. The van der Waals surface area contributed by atoms with Gasteiger partial charge >= 0.3 is 0 Å². The van der Waals surface area contributed by atoms with Gasteiger partial charge in [-0.2, -0.15) is 5.26 Å². The lowest BCUT2D eigenvalue weighted by Gasteiger charge is -2.12. The highest BCUT2D eigenvalue weighted by Gasteiger charge is 2.18. The quantitative estimate of drug-likeness (QED) is 0.759. The maximum absolute atomic E-state index is 11.9. The van der Waals surface area contributed by atoms with Gasteiger partial charge in [0, 0.05) is 16.1 Å². The minimum absolute atomic E-state index is 0.0957. The number of nitrogens with zero attached hydrogens (tertiary/aromatic N) is 2. The second-order valence-corrected chi connectivity index (χ2v) is 5.84. The highest BCUT2D eigenvalue weighted by atomic mass is 35.5. The van der Waals surface area contributed by atoms with Crippen LogP contribution in [-0.4, -0.2) is 17.2 Å². The summed E-state index contributed by atoms with van der Waals surface area (Å²) < 4.78 is 5.26. The van der Waals surface area contributed by atoms with Crippen LogP contribution in [0.25, 0.3) is 22.4 Å². The number of aromatic nitrogens is 1. The molecule has 0 atom stereocenters. The molecule has 0 spiro atoms. The summed E-state index contributed by atoms with van der Waals surface area (Å²) in [5.74, 6) is -0.329. The van der Waals surface area contributed by atoms with Crippen LogP contribution in [-0.2, 0) is 0 Å². The summed E-state index contributed by atoms with van der Waals surface area (Å²) in [6, 6.07) is 16.7. The Bertz CT molecular complexity index is 1090. The van der Waals surface area contributed by atoms with Crippen molar-refractivity contribution in [3.63, 3.8) is 0 Å². The number of benzene rings is 1. The van der Waals surface area contributed by atoms with E-state index in [1.165, 1.54) is 19.2 Å². The summed E-state index contributed by atoms with van der Waals surface area (Å²) >= 11 is 6.07. The van der Waals surface area contributed by atoms with E-state index < -0.39 is 11.2 Å². The van der Waals surface area contributed by atoms with Crippen molar-refractivity contribution in [2.75, 3.05) is 7.11 Å². The van der Waals surface area contributed by atoms with Crippen molar-refractivity contribution in [2.45, 2.75) is 0 Å². The van der Waals surface area contributed by atoms with Crippen LogP contribution in [0.3, 0.4) is 0 Å². The number of ether oxygens (including phenoxy) is 1. The lowest BCUT2D eigenvalue weighted by Crippen LogP contribution is -2.00. The topological polar surface area (TPSA) is 83.2 Å². The Morgan fingerprint density at radius 1 is 1.12 bits per heavy atom. The molecular formula is C20H13ClN2O3. The fourth-order valence-corrected chi connectivity index (χ4v) is 2.78. The molecule has 26 heavy (non-hydrogen) atoms. The van der Waals surface area contributed by atoms with Crippen LogP contribution in [0.4, 0.5) is 0 Å². The fraction of sp³-hybridized carbons (Fsp3) is 0.0500. The van der Waals surface area contributed by atoms with Gasteiger partial charge in [0.2, 0.25) is 11.3 Å². The van der Waals surface area contributed by atoms with E-state index in [9.17, 15) is 15.2 Å². The second kappa shape index (κ2) is 7.26. The maximum atomic E-state index is 11.9. The summed E-state index contributed by atoms with van der Waals surface area (Å²) in [6.45, 7) is 0. The molecule has 0 fully saturated rings. The van der Waals surface area contributed by atoms with E-state index >= 15 is 0 Å². The van der Waals surface area contributed by atoms with Crippen LogP contribution in [0.1, 0.15) is 5.56 Å². The zero-order valence-electron chi connectivity index (χ0n) is 13.7. The molecule has 1 N–H and O–H groups in total. The Morgan fingerprint density at radius 3 is 2.58 bits per heavy atom. The second-order valence-electron chi connectivity index (χ2n) is 5.41. The van der Waals surface area contributed by atoms with Gasteiger partial charge in [0.05, 0.1) is 12.8 Å². The Kier molecular flexibility index (Phi) is 4.87. The Balaban J connectivity index is 2.36. The number of methoxy groups -OCH3 is 1. The standard InChI is InChI=1S/C20H13ClN2O3/c1-26-20-16(11-22)15(12-5-4-6-13(21)9-12)10-17(23-20)14-7-2-3-8-18(24)19(14)25/h2-10H,1H3,(H,24,25). The van der Waals surface area contributed by atoms with Crippen molar-refractivity contribution in [3.05, 3.63) is 75.4 Å². The van der Waals surface area contributed by atoms with Gasteiger partial charge in [-0.3, -0.25) is 4.79 Å². The molecule has 0 aliphatic carbocycles. The molecule has 0 saturated heterocycles. The number of nitriles is 1. The first kappa shape index (κ1) is 17.5. The van der Waals surface area contributed by atoms with E-state index in [0.29, 0.717) is 21.8 Å². The lowest BCUT2D eigenvalue weighted by molar-refractivity contribution is 0.397. The van der Waals surface area contributed by atoms with Gasteiger partial charge < -0.3 is 9.84 Å². The van der Waals surface area contributed by atoms with Crippen LogP contribution < -0.4 is 10.2 Å². The van der Waals surface area contributed by atoms with Gasteiger partial charge in [-0.15, -0.1) is 0 Å². The zero-order chi connectivity index (χ0) is 18.7. The van der Waals surface area contributed by atoms with Gasteiger partial charge in [-0.05, 0) is 35.9 Å². The van der Waals surface area contributed by atoms with Crippen LogP contribution in [0.15, 0.2) is 59.4 Å². The third kappa shape index (κ3) is 3.23. The number of halogens is 1. The van der Waals surface area contributed by atoms with Crippen LogP contribution in [0, 0.1) is 11.3 Å². The SMILES string of the molecule is COc1nc(-c2ccccc(=O)c2O)cc(-c2cccc(Cl)c2)c1C#N. The summed E-state index contributed by atoms with van der Waals surface area (Å²) in [7, 11) is 1.40. The summed E-state index contributed by atoms with van der Waals surface area (Å²) in [5.41, 5.74) is 1.49. The number of hydrogen-bond donors (Lipinski definition) is 1. The molecule has 0 radical (unpaired) electrons. The largest absolute Gasteiger partial charge is 0.504 e. The van der Waals surface area contributed by atoms with E-state index in [0.717, 1.165) is 0 Å². The van der Waals surface area contributed by atoms with Gasteiger partial charge in [-0.1, -0.05) is 35.9 Å². The van der Waals surface area contributed by atoms with Crippen LogP contribution in [0.5, 0.6) is 11.6 Å². The van der Waals surface area contributed by atoms with Crippen molar-refractivity contribution in [1.82, 2.24) is 4.98 Å². The van der Waals surface area contributed by atoms with E-state index in [4.69, 9.17) is 16.3 Å². The lowest BCUT2D eigenvalue weighted by atomic mass is 9.99. The van der Waals surface area contributed by atoms with Crippen LogP contribution >= 0.6 is 11.6 Å². The molecular weight excluding hydrogens is 352 g/mol. The molecule has 0 saturated carbocycles. The zero-order valence-corrected chi connectivity index (χ0v) is 14.5. The molecule has 3 rings (SSSR count). The van der Waals surface area contributed by atoms with Crippen molar-refractivity contribution >= 4 is 11.6 Å². The maximum Gasteiger partial charge on any atom is 0.232 e. The molecule has 0 amide bonds. The molecule has 0 bridgehead atoms. The minimum atomic E-state index is -0.528. The molecule has 5 nitrogen and oxygen atoms in total. The molecule has 0 unspecified atom stereocenters. The van der Waals surface area contributed by atoms with Crippen LogP contribution in [0.2, 0.25) is 5.02 Å². The van der Waals surface area contributed by atoms with Crippen molar-refractivity contribution in [1.29, 1.82) is 5.26 Å². The van der Waals surface area contributed by atoms with E-state index in [1.54, 1.807) is 42.5 Å². The molecule has 6 heteroatoms. The number of hydrogen-bond acceptors (Lipinski definition) is 5. The normalized spacial score (nSPS) is 10.2. The third-order valence-electron chi connectivity index (χ3n) is 3.81. The van der Waals surface area contributed by atoms with Crippen molar-refractivity contribution in [3.8, 4) is 40.1 Å². The molecule has 0 aliphatic rings. The summed E-state index contributed by atoms with van der Waals surface area (Å²) in [5, 5.41) is 20.3. The molecule has 3 aromatic rings. The Labute approximate surface area is 154 Å². The van der Waals surface area contributed by atoms with E-state index in [2.05, 4.69) is 11.1 Å². The van der Waals surface area contributed by atoms with Gasteiger partial charge in [0.25, 0.3) is 0 Å². The molecule has 0 aliphatic heterocycles. The monoisotopic (exact) mass is 364 g/mol. The van der Waals surface area contributed by atoms with Gasteiger partial charge in [-0.25, -0.2) is 4.98 Å². The van der Waals surface area contributed by atoms with E-state index in [-0.39, 0.29) is 17.0 Å². The molecule has 2 aromatic carbocycles. The summed E-state index contributed by atoms with van der Waals surface area (Å²) in [4.78, 5) is 16.2. The van der Waals surface area contributed by atoms with Gasteiger partial charge in [0.15, 0.2) is 5.75 Å². The van der Waals surface area contributed by atoms with Gasteiger partial charge in [0.1, 0.15) is 11.6 Å². The molecule has 128 valence electrons. The number of pyridine rings is 1. The number of rotatable bonds is 3. The third-order valence-corrected chi connectivity index (χ3v) is 4.05. The first-order valence-electron chi connectivity index (χ1n) is 7.63. The summed E-state index contributed by atoms with van der Waals surface area (Å²) in [6.07, 6.45) is 0. The Morgan fingerprint density at radius 2 is 1.88 bits per heavy atom. The van der Waals surface area contributed by atoms with E-state index in [1.807, 2.05) is 0 Å². The van der Waals surface area contributed by atoms with Crippen molar-refractivity contribution in [2.24, 2.45) is 0 Å².